The maximum Gasteiger partial charge on any atom is 0.225 e. The van der Waals surface area contributed by atoms with Crippen molar-refractivity contribution in [2.75, 3.05) is 25.6 Å². The van der Waals surface area contributed by atoms with Crippen LogP contribution >= 0.6 is 0 Å². The highest BCUT2D eigenvalue weighted by Gasteiger charge is 2.05. The molecule has 0 aliphatic heterocycles. The van der Waals surface area contributed by atoms with Gasteiger partial charge in [0.15, 0.2) is 0 Å². The summed E-state index contributed by atoms with van der Waals surface area (Å²) < 4.78 is 10.6. The van der Waals surface area contributed by atoms with Crippen molar-refractivity contribution < 1.29 is 9.47 Å². The molecule has 2 aromatic heterocycles. The quantitative estimate of drug-likeness (QED) is 0.697. The fourth-order valence-corrected chi connectivity index (χ4v) is 2.24. The average molecular weight is 313 g/mol. The van der Waals surface area contributed by atoms with E-state index in [0.717, 1.165) is 29.0 Å². The van der Waals surface area contributed by atoms with Crippen LogP contribution in [0.3, 0.4) is 0 Å². The summed E-state index contributed by atoms with van der Waals surface area (Å²) in [6.45, 7) is 3.18. The van der Waals surface area contributed by atoms with Crippen molar-refractivity contribution in [3.8, 4) is 11.6 Å². The van der Waals surface area contributed by atoms with Gasteiger partial charge >= 0.3 is 0 Å². The molecule has 0 unspecified atom stereocenters. The van der Waals surface area contributed by atoms with E-state index >= 15 is 0 Å². The molecule has 0 fully saturated rings. The zero-order chi connectivity index (χ0) is 16.1. The molecular formula is C16H19N5O2. The molecule has 0 amide bonds. The summed E-state index contributed by atoms with van der Waals surface area (Å²) in [5.41, 5.74) is 1.89. The average Bonchev–Trinajstić information content (AvgIpc) is 2.97. The number of nitrogens with one attached hydrogen (secondary N) is 2. The van der Waals surface area contributed by atoms with Crippen molar-refractivity contribution in [1.82, 2.24) is 19.9 Å². The Labute approximate surface area is 134 Å². The van der Waals surface area contributed by atoms with Crippen LogP contribution in [0.5, 0.6) is 11.6 Å². The van der Waals surface area contributed by atoms with Crippen LogP contribution < -0.4 is 14.8 Å². The molecule has 0 aliphatic carbocycles. The minimum absolute atomic E-state index is 0.550. The van der Waals surface area contributed by atoms with Gasteiger partial charge in [-0.2, -0.15) is 4.98 Å². The number of aromatic amines is 1. The third-order valence-electron chi connectivity index (χ3n) is 3.31. The smallest absolute Gasteiger partial charge is 0.225 e. The van der Waals surface area contributed by atoms with E-state index < -0.39 is 0 Å². The SMILES string of the molecule is CCOc1ccnc(NCCc2nc3ccc(OC)cc3[nH]2)n1. The molecule has 2 N–H and O–H groups in total. The van der Waals surface area contributed by atoms with Gasteiger partial charge in [-0.1, -0.05) is 0 Å². The van der Waals surface area contributed by atoms with Crippen LogP contribution in [0.15, 0.2) is 30.5 Å². The van der Waals surface area contributed by atoms with E-state index in [2.05, 4.69) is 25.3 Å². The second kappa shape index (κ2) is 6.95. The summed E-state index contributed by atoms with van der Waals surface area (Å²) in [5.74, 6) is 2.84. The Morgan fingerprint density at radius 3 is 2.96 bits per heavy atom. The maximum atomic E-state index is 5.35. The molecule has 0 aliphatic rings. The molecule has 0 atom stereocenters. The molecular weight excluding hydrogens is 294 g/mol. The van der Waals surface area contributed by atoms with Gasteiger partial charge in [0.05, 0.1) is 24.8 Å². The van der Waals surface area contributed by atoms with Gasteiger partial charge in [0.25, 0.3) is 0 Å². The summed E-state index contributed by atoms with van der Waals surface area (Å²) in [5, 5.41) is 3.17. The lowest BCUT2D eigenvalue weighted by Gasteiger charge is -2.05. The molecule has 3 aromatic rings. The van der Waals surface area contributed by atoms with Crippen LogP contribution in [-0.4, -0.2) is 40.2 Å². The number of anilines is 1. The molecule has 23 heavy (non-hydrogen) atoms. The highest BCUT2D eigenvalue weighted by molar-refractivity contribution is 5.76. The van der Waals surface area contributed by atoms with E-state index in [0.29, 0.717) is 25.0 Å². The van der Waals surface area contributed by atoms with Crippen LogP contribution in [0, 0.1) is 0 Å². The molecule has 2 heterocycles. The standard InChI is InChI=1S/C16H19N5O2/c1-3-23-15-7-9-18-16(21-15)17-8-6-14-19-12-5-4-11(22-2)10-13(12)20-14/h4-5,7,9-10H,3,6,8H2,1-2H3,(H,19,20)(H,17,18,21). The van der Waals surface area contributed by atoms with Crippen molar-refractivity contribution in [3.63, 3.8) is 0 Å². The molecule has 0 bridgehead atoms. The Morgan fingerprint density at radius 2 is 2.13 bits per heavy atom. The lowest BCUT2D eigenvalue weighted by Crippen LogP contribution is -2.09. The number of hydrogen-bond donors (Lipinski definition) is 2. The van der Waals surface area contributed by atoms with Crippen molar-refractivity contribution in [1.29, 1.82) is 0 Å². The van der Waals surface area contributed by atoms with Gasteiger partial charge in [0, 0.05) is 31.3 Å². The topological polar surface area (TPSA) is 85.0 Å². The molecule has 7 nitrogen and oxygen atoms in total. The number of imidazole rings is 1. The number of nitrogens with zero attached hydrogens (tertiary/aromatic N) is 3. The lowest BCUT2D eigenvalue weighted by molar-refractivity contribution is 0.326. The number of methoxy groups -OCH3 is 1. The Morgan fingerprint density at radius 1 is 1.22 bits per heavy atom. The normalized spacial score (nSPS) is 10.7. The highest BCUT2D eigenvalue weighted by Crippen LogP contribution is 2.18. The first kappa shape index (κ1) is 15.1. The minimum Gasteiger partial charge on any atom is -0.497 e. The predicted molar refractivity (Wildman–Crippen MR) is 88.0 cm³/mol. The molecule has 0 saturated heterocycles. The molecule has 0 saturated carbocycles. The van der Waals surface area contributed by atoms with E-state index in [1.807, 2.05) is 25.1 Å². The zero-order valence-electron chi connectivity index (χ0n) is 13.2. The second-order valence-electron chi connectivity index (χ2n) is 4.89. The van der Waals surface area contributed by atoms with Crippen molar-refractivity contribution in [2.24, 2.45) is 0 Å². The van der Waals surface area contributed by atoms with Crippen LogP contribution in [0.1, 0.15) is 12.7 Å². The number of H-pyrrole nitrogens is 1. The first-order chi connectivity index (χ1) is 11.3. The minimum atomic E-state index is 0.550. The monoisotopic (exact) mass is 313 g/mol. The van der Waals surface area contributed by atoms with Gasteiger partial charge in [-0.25, -0.2) is 9.97 Å². The van der Waals surface area contributed by atoms with Crippen LogP contribution in [0.4, 0.5) is 5.95 Å². The van der Waals surface area contributed by atoms with Gasteiger partial charge in [-0.15, -0.1) is 0 Å². The first-order valence-electron chi connectivity index (χ1n) is 7.51. The number of aromatic nitrogens is 4. The van der Waals surface area contributed by atoms with Gasteiger partial charge in [-0.05, 0) is 19.1 Å². The van der Waals surface area contributed by atoms with Crippen molar-refractivity contribution in [3.05, 3.63) is 36.3 Å². The van der Waals surface area contributed by atoms with Crippen molar-refractivity contribution >= 4 is 17.0 Å². The highest BCUT2D eigenvalue weighted by atomic mass is 16.5. The third kappa shape index (κ3) is 3.68. The fraction of sp³-hybridized carbons (Fsp3) is 0.312. The first-order valence-corrected chi connectivity index (χ1v) is 7.51. The van der Waals surface area contributed by atoms with E-state index in [-0.39, 0.29) is 0 Å². The molecule has 120 valence electrons. The lowest BCUT2D eigenvalue weighted by atomic mass is 10.3. The molecule has 1 aromatic carbocycles. The number of rotatable bonds is 7. The Hall–Kier alpha value is -2.83. The summed E-state index contributed by atoms with van der Waals surface area (Å²) in [7, 11) is 1.65. The van der Waals surface area contributed by atoms with E-state index in [4.69, 9.17) is 9.47 Å². The number of fused-ring (bicyclic) bond motifs is 1. The van der Waals surface area contributed by atoms with E-state index in [1.165, 1.54) is 0 Å². The van der Waals surface area contributed by atoms with Crippen LogP contribution in [0.25, 0.3) is 11.0 Å². The number of ether oxygens (including phenoxy) is 2. The van der Waals surface area contributed by atoms with Crippen molar-refractivity contribution in [2.45, 2.75) is 13.3 Å². The number of hydrogen-bond acceptors (Lipinski definition) is 6. The van der Waals surface area contributed by atoms with E-state index in [1.54, 1.807) is 19.4 Å². The van der Waals surface area contributed by atoms with Crippen LogP contribution in [0.2, 0.25) is 0 Å². The summed E-state index contributed by atoms with van der Waals surface area (Å²) in [6, 6.07) is 7.52. The molecule has 7 heteroatoms. The summed E-state index contributed by atoms with van der Waals surface area (Å²) in [6.07, 6.45) is 2.41. The Balaban J connectivity index is 1.61. The zero-order valence-corrected chi connectivity index (χ0v) is 13.2. The number of benzene rings is 1. The fourth-order valence-electron chi connectivity index (χ4n) is 2.24. The molecule has 0 radical (unpaired) electrons. The van der Waals surface area contributed by atoms with Gasteiger partial charge in [0.2, 0.25) is 11.8 Å². The van der Waals surface area contributed by atoms with Gasteiger partial charge < -0.3 is 19.8 Å². The van der Waals surface area contributed by atoms with Gasteiger partial charge in [-0.3, -0.25) is 0 Å². The Kier molecular flexibility index (Phi) is 4.56. The van der Waals surface area contributed by atoms with E-state index in [9.17, 15) is 0 Å². The second-order valence-corrected chi connectivity index (χ2v) is 4.89. The summed E-state index contributed by atoms with van der Waals surface area (Å²) in [4.78, 5) is 16.3. The predicted octanol–water partition coefficient (Wildman–Crippen LogP) is 2.41. The molecule has 0 spiro atoms. The van der Waals surface area contributed by atoms with Gasteiger partial charge in [0.1, 0.15) is 11.6 Å². The third-order valence-corrected chi connectivity index (χ3v) is 3.31. The summed E-state index contributed by atoms with van der Waals surface area (Å²) >= 11 is 0. The Bertz CT molecular complexity index is 787. The molecule has 3 rings (SSSR count). The maximum absolute atomic E-state index is 5.35. The largest absolute Gasteiger partial charge is 0.497 e. The van der Waals surface area contributed by atoms with Crippen LogP contribution in [-0.2, 0) is 6.42 Å².